The van der Waals surface area contributed by atoms with Crippen LogP contribution in [0.1, 0.15) is 5.56 Å². The maximum Gasteiger partial charge on any atom is 0.416 e. The molecule has 1 aliphatic rings. The summed E-state index contributed by atoms with van der Waals surface area (Å²) in [6, 6.07) is 8.77. The maximum absolute atomic E-state index is 12.8. The molecule has 1 aliphatic heterocycles. The van der Waals surface area contributed by atoms with E-state index in [-0.39, 0.29) is 18.3 Å². The van der Waals surface area contributed by atoms with Crippen molar-refractivity contribution >= 4 is 23.3 Å². The Kier molecular flexibility index (Phi) is 6.04. The molecule has 0 atom stereocenters. The summed E-state index contributed by atoms with van der Waals surface area (Å²) in [7, 11) is 3.00. The monoisotopic (exact) mass is 423 g/mol. The van der Waals surface area contributed by atoms with Crippen molar-refractivity contribution in [2.75, 3.05) is 44.1 Å². The summed E-state index contributed by atoms with van der Waals surface area (Å²) in [5.74, 6) is 0.528. The van der Waals surface area contributed by atoms with Crippen LogP contribution in [0, 0.1) is 0 Å². The molecule has 1 heterocycles. The minimum Gasteiger partial charge on any atom is -0.497 e. The van der Waals surface area contributed by atoms with Crippen LogP contribution in [0.5, 0.6) is 11.5 Å². The molecule has 0 saturated carbocycles. The van der Waals surface area contributed by atoms with Gasteiger partial charge < -0.3 is 19.7 Å². The quantitative estimate of drug-likeness (QED) is 0.771. The molecule has 1 N–H and O–H groups in total. The fourth-order valence-corrected chi connectivity index (χ4v) is 3.08. The molecule has 1 saturated heterocycles. The van der Waals surface area contributed by atoms with E-state index < -0.39 is 17.6 Å². The van der Waals surface area contributed by atoms with Gasteiger partial charge in [-0.3, -0.25) is 9.69 Å². The number of hydrogen-bond acceptors (Lipinski definition) is 4. The minimum absolute atomic E-state index is 0.214. The Labute approximate surface area is 171 Å². The van der Waals surface area contributed by atoms with Gasteiger partial charge in [0, 0.05) is 24.8 Å². The van der Waals surface area contributed by atoms with E-state index in [2.05, 4.69) is 5.32 Å². The van der Waals surface area contributed by atoms with E-state index in [0.29, 0.717) is 30.3 Å². The van der Waals surface area contributed by atoms with Crippen molar-refractivity contribution < 1.29 is 32.2 Å². The number of carbonyl (C=O) groups excluding carboxylic acids is 2. The molecule has 1 fully saturated rings. The highest BCUT2D eigenvalue weighted by Gasteiger charge is 2.33. The van der Waals surface area contributed by atoms with Crippen molar-refractivity contribution in [3.63, 3.8) is 0 Å². The third-order valence-electron chi connectivity index (χ3n) is 4.60. The SMILES string of the molecule is COc1ccc(OC)c(N2CCN(CC(=O)Nc3ccc(C(F)(F)F)cc3)C2=O)c1. The molecule has 2 aromatic carbocycles. The number of amides is 3. The number of nitrogens with one attached hydrogen (secondary N) is 1. The van der Waals surface area contributed by atoms with Gasteiger partial charge >= 0.3 is 12.2 Å². The van der Waals surface area contributed by atoms with E-state index in [0.717, 1.165) is 12.1 Å². The van der Waals surface area contributed by atoms with Crippen molar-refractivity contribution in [2.45, 2.75) is 6.18 Å². The Morgan fingerprint density at radius 3 is 2.37 bits per heavy atom. The topological polar surface area (TPSA) is 71.1 Å². The largest absolute Gasteiger partial charge is 0.497 e. The van der Waals surface area contributed by atoms with Gasteiger partial charge in [0.2, 0.25) is 5.91 Å². The third kappa shape index (κ3) is 4.58. The number of rotatable bonds is 6. The fraction of sp³-hybridized carbons (Fsp3) is 0.300. The van der Waals surface area contributed by atoms with Crippen LogP contribution in [0.4, 0.5) is 29.3 Å². The molecule has 0 aliphatic carbocycles. The molecule has 30 heavy (non-hydrogen) atoms. The Hall–Kier alpha value is -3.43. The number of ether oxygens (including phenoxy) is 2. The minimum atomic E-state index is -4.45. The summed E-state index contributed by atoms with van der Waals surface area (Å²) in [5, 5.41) is 2.50. The second-order valence-corrected chi connectivity index (χ2v) is 6.52. The Balaban J connectivity index is 1.65. The lowest BCUT2D eigenvalue weighted by atomic mass is 10.2. The molecule has 0 radical (unpaired) electrons. The second-order valence-electron chi connectivity index (χ2n) is 6.52. The predicted molar refractivity (Wildman–Crippen MR) is 104 cm³/mol. The zero-order valence-corrected chi connectivity index (χ0v) is 16.3. The van der Waals surface area contributed by atoms with Crippen molar-refractivity contribution in [1.29, 1.82) is 0 Å². The van der Waals surface area contributed by atoms with Crippen LogP contribution >= 0.6 is 0 Å². The number of benzene rings is 2. The van der Waals surface area contributed by atoms with Crippen LogP contribution in [0.3, 0.4) is 0 Å². The van der Waals surface area contributed by atoms with Gasteiger partial charge in [-0.15, -0.1) is 0 Å². The van der Waals surface area contributed by atoms with Gasteiger partial charge in [0.1, 0.15) is 18.0 Å². The number of carbonyl (C=O) groups is 2. The first-order valence-corrected chi connectivity index (χ1v) is 8.98. The predicted octanol–water partition coefficient (Wildman–Crippen LogP) is 3.60. The summed E-state index contributed by atoms with van der Waals surface area (Å²) in [4.78, 5) is 27.9. The first-order valence-electron chi connectivity index (χ1n) is 8.98. The van der Waals surface area contributed by atoms with Crippen LogP contribution in [-0.2, 0) is 11.0 Å². The van der Waals surface area contributed by atoms with Gasteiger partial charge in [-0.25, -0.2) is 4.79 Å². The number of halogens is 3. The van der Waals surface area contributed by atoms with Crippen LogP contribution in [-0.4, -0.2) is 50.7 Å². The number of methoxy groups -OCH3 is 2. The number of urea groups is 1. The lowest BCUT2D eigenvalue weighted by molar-refractivity contribution is -0.137. The smallest absolute Gasteiger partial charge is 0.416 e. The van der Waals surface area contributed by atoms with Crippen LogP contribution in [0.2, 0.25) is 0 Å². The van der Waals surface area contributed by atoms with Crippen molar-refractivity contribution in [3.8, 4) is 11.5 Å². The highest BCUT2D eigenvalue weighted by atomic mass is 19.4. The number of hydrogen-bond donors (Lipinski definition) is 1. The lowest BCUT2D eigenvalue weighted by Gasteiger charge is -2.21. The molecule has 2 aromatic rings. The van der Waals surface area contributed by atoms with Gasteiger partial charge in [0.05, 0.1) is 25.5 Å². The zero-order chi connectivity index (χ0) is 21.9. The van der Waals surface area contributed by atoms with Gasteiger partial charge in [0.15, 0.2) is 0 Å². The number of nitrogens with zero attached hydrogens (tertiary/aromatic N) is 2. The van der Waals surface area contributed by atoms with E-state index in [9.17, 15) is 22.8 Å². The molecule has 160 valence electrons. The molecule has 3 rings (SSSR count). The lowest BCUT2D eigenvalue weighted by Crippen LogP contribution is -2.37. The average molecular weight is 423 g/mol. The molecule has 3 amide bonds. The summed E-state index contributed by atoms with van der Waals surface area (Å²) < 4.78 is 48.4. The summed E-state index contributed by atoms with van der Waals surface area (Å²) in [6.45, 7) is 0.415. The summed E-state index contributed by atoms with van der Waals surface area (Å²) >= 11 is 0. The van der Waals surface area contributed by atoms with Crippen molar-refractivity contribution in [2.24, 2.45) is 0 Å². The Bertz CT molecular complexity index is 932. The van der Waals surface area contributed by atoms with E-state index in [1.807, 2.05) is 0 Å². The molecule has 10 heteroatoms. The van der Waals surface area contributed by atoms with Gasteiger partial charge in [-0.2, -0.15) is 13.2 Å². The van der Waals surface area contributed by atoms with Crippen LogP contribution in [0.15, 0.2) is 42.5 Å². The van der Waals surface area contributed by atoms with Crippen LogP contribution in [0.25, 0.3) is 0 Å². The molecule has 0 unspecified atom stereocenters. The van der Waals surface area contributed by atoms with Gasteiger partial charge in [-0.05, 0) is 36.4 Å². The number of anilines is 2. The summed E-state index contributed by atoms with van der Waals surface area (Å²) in [6.07, 6.45) is -4.45. The summed E-state index contributed by atoms with van der Waals surface area (Å²) in [5.41, 5.74) is -0.0726. The van der Waals surface area contributed by atoms with Gasteiger partial charge in [0.25, 0.3) is 0 Å². The highest BCUT2D eigenvalue weighted by Crippen LogP contribution is 2.34. The molecular weight excluding hydrogens is 403 g/mol. The standard InChI is InChI=1S/C20H20F3N3O4/c1-29-15-7-8-17(30-2)16(11-15)26-10-9-25(19(26)28)12-18(27)24-14-5-3-13(4-6-14)20(21,22)23/h3-8,11H,9-10,12H2,1-2H3,(H,24,27). The zero-order valence-electron chi connectivity index (χ0n) is 16.3. The van der Waals surface area contributed by atoms with Crippen LogP contribution < -0.4 is 19.7 Å². The third-order valence-corrected chi connectivity index (χ3v) is 4.60. The molecular formula is C20H20F3N3O4. The fourth-order valence-electron chi connectivity index (χ4n) is 3.08. The highest BCUT2D eigenvalue weighted by molar-refractivity contribution is 6.00. The number of alkyl halides is 3. The Morgan fingerprint density at radius 2 is 1.77 bits per heavy atom. The maximum atomic E-state index is 12.8. The van der Waals surface area contributed by atoms with Gasteiger partial charge in [-0.1, -0.05) is 0 Å². The van der Waals surface area contributed by atoms with Crippen molar-refractivity contribution in [1.82, 2.24) is 4.90 Å². The molecule has 0 spiro atoms. The second kappa shape index (κ2) is 8.52. The molecule has 0 bridgehead atoms. The first-order chi connectivity index (χ1) is 14.2. The normalized spacial score (nSPS) is 14.1. The van der Waals surface area contributed by atoms with E-state index in [1.54, 1.807) is 18.2 Å². The van der Waals surface area contributed by atoms with E-state index in [4.69, 9.17) is 9.47 Å². The van der Waals surface area contributed by atoms with E-state index in [1.165, 1.54) is 36.2 Å². The molecule has 0 aromatic heterocycles. The molecule has 7 nitrogen and oxygen atoms in total. The van der Waals surface area contributed by atoms with E-state index >= 15 is 0 Å². The Morgan fingerprint density at radius 1 is 1.07 bits per heavy atom. The first kappa shape index (κ1) is 21.3. The van der Waals surface area contributed by atoms with Crippen molar-refractivity contribution in [3.05, 3.63) is 48.0 Å². The average Bonchev–Trinajstić information content (AvgIpc) is 3.07.